The number of rotatable bonds is 0. The molecule has 1 N–H and O–H groups in total. The zero-order valence-electron chi connectivity index (χ0n) is 3.06. The van der Waals surface area contributed by atoms with Crippen LogP contribution < -0.4 is 0 Å². The third kappa shape index (κ3) is 4490. The van der Waals surface area contributed by atoms with E-state index in [-0.39, 0.29) is 26.9 Å². The topological polar surface area (TPSA) is 37.3 Å². The molecule has 0 aromatic rings. The van der Waals surface area contributed by atoms with Gasteiger partial charge in [-0.15, -0.1) is 0 Å². The van der Waals surface area contributed by atoms with Gasteiger partial charge >= 0.3 is 0 Å². The summed E-state index contributed by atoms with van der Waals surface area (Å²) in [5, 5.41) is 7.42. The Bertz CT molecular complexity index is 31.8. The number of carboxylic acids is 1. The van der Waals surface area contributed by atoms with E-state index < -0.39 is 5.97 Å². The van der Waals surface area contributed by atoms with Crippen LogP contribution in [0.4, 0.5) is 0 Å². The number of aliphatic carboxylic acids is 1. The minimum atomic E-state index is -0.833. The number of hydrogen-bond acceptors (Lipinski definition) is 1. The molecule has 0 fully saturated rings. The van der Waals surface area contributed by atoms with Crippen molar-refractivity contribution in [2.75, 3.05) is 0 Å². The Morgan fingerprint density at radius 2 is 1.67 bits per heavy atom. The second-order valence-corrected chi connectivity index (χ2v) is 0.519. The van der Waals surface area contributed by atoms with E-state index in [1.807, 2.05) is 0 Å². The largest absolute Gasteiger partial charge is 0.481 e. The van der Waals surface area contributed by atoms with Crippen LogP contribution in [0.15, 0.2) is 0 Å². The number of carbonyl (C=O) groups is 1. The fourth-order valence-electron chi connectivity index (χ4n) is 0. The van der Waals surface area contributed by atoms with E-state index in [1.165, 1.54) is 0 Å². The summed E-state index contributed by atoms with van der Waals surface area (Å²) >= 11 is 0. The fraction of sp³-hybridized carbons (Fsp3) is 0.667. The van der Waals surface area contributed by atoms with Gasteiger partial charge in [-0.05, 0) is 0 Å². The molecule has 0 rings (SSSR count). The number of hydrogen-bond donors (Lipinski definition) is 1. The Hall–Kier alpha value is 0.0934. The average molecular weight is 141 g/mol. The molecular formula is C3H8O2Zn. The molecule has 0 bridgehead atoms. The molecule has 0 saturated carbocycles. The van der Waals surface area contributed by atoms with Gasteiger partial charge in [-0.1, -0.05) is 7.43 Å². The Morgan fingerprint density at radius 1 is 1.67 bits per heavy atom. The average Bonchev–Trinajstić information content (AvgIpc) is 0.811. The molecule has 0 aliphatic rings. The van der Waals surface area contributed by atoms with Gasteiger partial charge in [0.05, 0.1) is 0 Å². The quantitative estimate of drug-likeness (QED) is 0.505. The van der Waals surface area contributed by atoms with Gasteiger partial charge in [0.1, 0.15) is 0 Å². The van der Waals surface area contributed by atoms with Crippen molar-refractivity contribution in [3.63, 3.8) is 0 Å². The van der Waals surface area contributed by atoms with E-state index >= 15 is 0 Å². The first-order valence-electron chi connectivity index (χ1n) is 0.928. The summed E-state index contributed by atoms with van der Waals surface area (Å²) < 4.78 is 0. The molecule has 0 spiro atoms. The van der Waals surface area contributed by atoms with Crippen LogP contribution in [0.2, 0.25) is 0 Å². The molecular weight excluding hydrogens is 133 g/mol. The maximum Gasteiger partial charge on any atom is 0.300 e. The van der Waals surface area contributed by atoms with Gasteiger partial charge in [0.15, 0.2) is 0 Å². The van der Waals surface area contributed by atoms with Gasteiger partial charge < -0.3 is 5.11 Å². The molecule has 0 heterocycles. The standard InChI is InChI=1S/C2H4O2.CH4.Zn/c1-2(3)4;;/h1H3,(H,3,4);1H4;. The van der Waals surface area contributed by atoms with Gasteiger partial charge in [0.2, 0.25) is 0 Å². The Kier molecular flexibility index (Phi) is 24.6. The van der Waals surface area contributed by atoms with E-state index in [2.05, 4.69) is 0 Å². The summed E-state index contributed by atoms with van der Waals surface area (Å²) in [5.41, 5.74) is 0. The SMILES string of the molecule is C.CC(=O)O.[Zn]. The van der Waals surface area contributed by atoms with Crippen LogP contribution in [-0.2, 0) is 24.3 Å². The molecule has 0 atom stereocenters. The Balaban J connectivity index is -0.0000000450. The van der Waals surface area contributed by atoms with Crippen molar-refractivity contribution >= 4 is 5.97 Å². The molecule has 0 radical (unpaired) electrons. The zero-order chi connectivity index (χ0) is 3.58. The minimum Gasteiger partial charge on any atom is -0.481 e. The fourth-order valence-corrected chi connectivity index (χ4v) is 0. The predicted octanol–water partition coefficient (Wildman–Crippen LogP) is 0.724. The van der Waals surface area contributed by atoms with Crippen LogP contribution >= 0.6 is 0 Å². The Labute approximate surface area is 50.3 Å². The summed E-state index contributed by atoms with van der Waals surface area (Å²) in [6, 6.07) is 0. The zero-order valence-corrected chi connectivity index (χ0v) is 6.03. The molecule has 34 valence electrons. The summed E-state index contributed by atoms with van der Waals surface area (Å²) in [6.07, 6.45) is 0. The Morgan fingerprint density at radius 3 is 1.67 bits per heavy atom. The van der Waals surface area contributed by atoms with Crippen LogP contribution in [0.1, 0.15) is 14.4 Å². The van der Waals surface area contributed by atoms with Crippen molar-refractivity contribution in [3.05, 3.63) is 0 Å². The van der Waals surface area contributed by atoms with Crippen LogP contribution in [0.5, 0.6) is 0 Å². The molecule has 0 saturated heterocycles. The number of carboxylic acid groups (broad SMARTS) is 1. The van der Waals surface area contributed by atoms with E-state index in [0.29, 0.717) is 0 Å². The summed E-state index contributed by atoms with van der Waals surface area (Å²) in [7, 11) is 0. The van der Waals surface area contributed by atoms with Crippen LogP contribution in [0.25, 0.3) is 0 Å². The molecule has 0 aliphatic carbocycles. The molecule has 0 aliphatic heterocycles. The summed E-state index contributed by atoms with van der Waals surface area (Å²) in [6.45, 7) is 1.08. The first kappa shape index (κ1) is 16.5. The van der Waals surface area contributed by atoms with Crippen LogP contribution in [0, 0.1) is 0 Å². The van der Waals surface area contributed by atoms with Crippen LogP contribution in [0.3, 0.4) is 0 Å². The third-order valence-corrected chi connectivity index (χ3v) is 0. The van der Waals surface area contributed by atoms with E-state index in [9.17, 15) is 0 Å². The maximum absolute atomic E-state index is 9.00. The normalized spacial score (nSPS) is 4.17. The van der Waals surface area contributed by atoms with E-state index in [1.54, 1.807) is 0 Å². The molecule has 0 aromatic carbocycles. The molecule has 0 unspecified atom stereocenters. The van der Waals surface area contributed by atoms with E-state index in [4.69, 9.17) is 9.90 Å². The minimum absolute atomic E-state index is 0. The molecule has 0 aromatic heterocycles. The molecule has 6 heavy (non-hydrogen) atoms. The van der Waals surface area contributed by atoms with Gasteiger partial charge in [-0.2, -0.15) is 0 Å². The van der Waals surface area contributed by atoms with Crippen molar-refractivity contribution in [2.24, 2.45) is 0 Å². The maximum atomic E-state index is 9.00. The van der Waals surface area contributed by atoms with Crippen molar-refractivity contribution < 1.29 is 29.4 Å². The first-order chi connectivity index (χ1) is 1.73. The van der Waals surface area contributed by atoms with Gasteiger partial charge in [0.25, 0.3) is 5.97 Å². The van der Waals surface area contributed by atoms with Gasteiger partial charge in [0, 0.05) is 26.4 Å². The van der Waals surface area contributed by atoms with Crippen molar-refractivity contribution in [2.45, 2.75) is 14.4 Å². The summed E-state index contributed by atoms with van der Waals surface area (Å²) in [5.74, 6) is -0.833. The molecule has 0 amide bonds. The third-order valence-electron chi connectivity index (χ3n) is 0. The second kappa shape index (κ2) is 8.92. The monoisotopic (exact) mass is 140 g/mol. The second-order valence-electron chi connectivity index (χ2n) is 0.519. The van der Waals surface area contributed by atoms with Crippen LogP contribution in [-0.4, -0.2) is 11.1 Å². The summed E-state index contributed by atoms with van der Waals surface area (Å²) in [4.78, 5) is 9.00. The molecule has 3 heteroatoms. The van der Waals surface area contributed by atoms with Crippen molar-refractivity contribution in [1.82, 2.24) is 0 Å². The van der Waals surface area contributed by atoms with Gasteiger partial charge in [-0.3, -0.25) is 4.79 Å². The van der Waals surface area contributed by atoms with Gasteiger partial charge in [-0.25, -0.2) is 0 Å². The smallest absolute Gasteiger partial charge is 0.300 e. The van der Waals surface area contributed by atoms with Crippen molar-refractivity contribution in [1.29, 1.82) is 0 Å². The first-order valence-corrected chi connectivity index (χ1v) is 0.928. The molecule has 2 nitrogen and oxygen atoms in total. The predicted molar refractivity (Wildman–Crippen MR) is 20.0 cm³/mol. The van der Waals surface area contributed by atoms with Crippen molar-refractivity contribution in [3.8, 4) is 0 Å². The van der Waals surface area contributed by atoms with E-state index in [0.717, 1.165) is 6.92 Å².